The molecule has 1 aliphatic heterocycles. The summed E-state index contributed by atoms with van der Waals surface area (Å²) < 4.78 is 13.5. The standard InChI is InChI=1S/C13H11FINO3/c14-8-1-2-9(10(15)7-8)11(17)5-6-16-12(18)3-4-13(16)19/h1-2,7H,3-6H2. The van der Waals surface area contributed by atoms with Gasteiger partial charge in [0.05, 0.1) is 0 Å². The van der Waals surface area contributed by atoms with E-state index in [1.807, 2.05) is 22.6 Å². The van der Waals surface area contributed by atoms with Crippen LogP contribution in [0, 0.1) is 9.39 Å². The predicted octanol–water partition coefficient (Wildman–Crippen LogP) is 2.15. The van der Waals surface area contributed by atoms with Crippen LogP contribution in [0.1, 0.15) is 29.6 Å². The number of carbonyl (C=O) groups excluding carboxylic acids is 3. The molecule has 0 aliphatic carbocycles. The van der Waals surface area contributed by atoms with Crippen LogP contribution in [0.2, 0.25) is 0 Å². The molecule has 0 saturated carbocycles. The Morgan fingerprint density at radius 1 is 1.26 bits per heavy atom. The van der Waals surface area contributed by atoms with Gasteiger partial charge in [0.2, 0.25) is 11.8 Å². The Morgan fingerprint density at radius 3 is 2.47 bits per heavy atom. The highest BCUT2D eigenvalue weighted by Gasteiger charge is 2.29. The molecule has 2 rings (SSSR count). The first-order valence-electron chi connectivity index (χ1n) is 5.80. The molecule has 2 amide bonds. The first kappa shape index (κ1) is 14.1. The zero-order valence-electron chi connectivity index (χ0n) is 9.99. The van der Waals surface area contributed by atoms with Crippen molar-refractivity contribution in [3.63, 3.8) is 0 Å². The molecule has 1 fully saturated rings. The van der Waals surface area contributed by atoms with E-state index in [0.717, 1.165) is 4.90 Å². The van der Waals surface area contributed by atoms with E-state index >= 15 is 0 Å². The summed E-state index contributed by atoms with van der Waals surface area (Å²) in [6.45, 7) is 0.101. The van der Waals surface area contributed by atoms with Gasteiger partial charge in [-0.1, -0.05) is 0 Å². The molecule has 4 nitrogen and oxygen atoms in total. The van der Waals surface area contributed by atoms with Gasteiger partial charge in [0, 0.05) is 34.9 Å². The van der Waals surface area contributed by atoms with Gasteiger partial charge in [-0.25, -0.2) is 4.39 Å². The van der Waals surface area contributed by atoms with Crippen LogP contribution in [-0.2, 0) is 9.59 Å². The maximum absolute atomic E-state index is 12.9. The van der Waals surface area contributed by atoms with E-state index in [4.69, 9.17) is 0 Å². The molecule has 1 saturated heterocycles. The van der Waals surface area contributed by atoms with Crippen molar-refractivity contribution >= 4 is 40.2 Å². The third kappa shape index (κ3) is 3.17. The fourth-order valence-corrected chi connectivity index (χ4v) is 2.71. The number of nitrogens with zero attached hydrogens (tertiary/aromatic N) is 1. The number of hydrogen-bond donors (Lipinski definition) is 0. The first-order chi connectivity index (χ1) is 8.99. The summed E-state index contributed by atoms with van der Waals surface area (Å²) in [5, 5.41) is 0. The van der Waals surface area contributed by atoms with Crippen molar-refractivity contribution in [2.24, 2.45) is 0 Å². The minimum Gasteiger partial charge on any atom is -0.294 e. The normalized spacial score (nSPS) is 15.2. The molecule has 1 aromatic carbocycles. The van der Waals surface area contributed by atoms with Crippen LogP contribution < -0.4 is 0 Å². The second-order valence-electron chi connectivity index (χ2n) is 4.24. The lowest BCUT2D eigenvalue weighted by Crippen LogP contribution is -2.31. The van der Waals surface area contributed by atoms with Crippen molar-refractivity contribution in [2.75, 3.05) is 6.54 Å². The molecule has 1 heterocycles. The van der Waals surface area contributed by atoms with Gasteiger partial charge in [-0.2, -0.15) is 0 Å². The minimum absolute atomic E-state index is 0.0686. The van der Waals surface area contributed by atoms with E-state index < -0.39 is 5.82 Å². The summed E-state index contributed by atoms with van der Waals surface area (Å²) in [4.78, 5) is 35.9. The van der Waals surface area contributed by atoms with Crippen molar-refractivity contribution in [1.82, 2.24) is 4.90 Å². The lowest BCUT2D eigenvalue weighted by Gasteiger charge is -2.13. The van der Waals surface area contributed by atoms with E-state index in [2.05, 4.69) is 0 Å². The SMILES string of the molecule is O=C(CCN1C(=O)CCC1=O)c1ccc(F)cc1I. The Morgan fingerprint density at radius 2 is 1.89 bits per heavy atom. The number of ketones is 1. The van der Waals surface area contributed by atoms with Crippen molar-refractivity contribution in [3.05, 3.63) is 33.1 Å². The molecule has 0 aromatic heterocycles. The Kier molecular flexibility index (Phi) is 4.28. The summed E-state index contributed by atoms with van der Waals surface area (Å²) in [5.41, 5.74) is 0.418. The lowest BCUT2D eigenvalue weighted by atomic mass is 10.1. The van der Waals surface area contributed by atoms with Crippen LogP contribution in [0.4, 0.5) is 4.39 Å². The maximum atomic E-state index is 12.9. The lowest BCUT2D eigenvalue weighted by molar-refractivity contribution is -0.138. The second kappa shape index (κ2) is 5.77. The molecule has 0 unspecified atom stereocenters. The smallest absolute Gasteiger partial charge is 0.229 e. The topological polar surface area (TPSA) is 54.5 Å². The number of rotatable bonds is 4. The van der Waals surface area contributed by atoms with Gasteiger partial charge in [0.25, 0.3) is 0 Å². The van der Waals surface area contributed by atoms with Gasteiger partial charge in [-0.05, 0) is 40.8 Å². The van der Waals surface area contributed by atoms with Gasteiger partial charge >= 0.3 is 0 Å². The number of Topliss-reactive ketones (excluding diaryl/α,β-unsaturated/α-hetero) is 1. The highest BCUT2D eigenvalue weighted by Crippen LogP contribution is 2.17. The van der Waals surface area contributed by atoms with Crippen LogP contribution in [0.5, 0.6) is 0 Å². The number of carbonyl (C=O) groups is 3. The Labute approximate surface area is 123 Å². The molecular formula is C13H11FINO3. The molecule has 0 radical (unpaired) electrons. The van der Waals surface area contributed by atoms with Crippen molar-refractivity contribution in [3.8, 4) is 0 Å². The number of halogens is 2. The van der Waals surface area contributed by atoms with Crippen LogP contribution in [0.25, 0.3) is 0 Å². The van der Waals surface area contributed by atoms with Crippen molar-refractivity contribution < 1.29 is 18.8 Å². The first-order valence-corrected chi connectivity index (χ1v) is 6.88. The number of likely N-dealkylation sites (tertiary alicyclic amines) is 1. The summed E-state index contributed by atoms with van der Waals surface area (Å²) in [6, 6.07) is 3.93. The molecule has 1 aliphatic rings. The zero-order valence-corrected chi connectivity index (χ0v) is 12.1. The average molecular weight is 375 g/mol. The number of imide groups is 1. The van der Waals surface area contributed by atoms with E-state index in [0.29, 0.717) is 9.13 Å². The third-order valence-corrected chi connectivity index (χ3v) is 3.84. The third-order valence-electron chi connectivity index (χ3n) is 2.95. The molecule has 0 N–H and O–H groups in total. The van der Waals surface area contributed by atoms with Crippen LogP contribution in [0.3, 0.4) is 0 Å². The molecular weight excluding hydrogens is 364 g/mol. The second-order valence-corrected chi connectivity index (χ2v) is 5.40. The number of amides is 2. The Hall–Kier alpha value is -1.31. The summed E-state index contributed by atoms with van der Waals surface area (Å²) in [5.74, 6) is -1.05. The van der Waals surface area contributed by atoms with Crippen LogP contribution in [0.15, 0.2) is 18.2 Å². The summed E-state index contributed by atoms with van der Waals surface area (Å²) in [6.07, 6.45) is 0.515. The fraction of sp³-hybridized carbons (Fsp3) is 0.308. The Bertz CT molecular complexity index is 543. The largest absolute Gasteiger partial charge is 0.294 e. The molecule has 0 atom stereocenters. The Balaban J connectivity index is 2.01. The van der Waals surface area contributed by atoms with Gasteiger partial charge in [-0.15, -0.1) is 0 Å². The van der Waals surface area contributed by atoms with E-state index in [1.54, 1.807) is 0 Å². The minimum atomic E-state index is -0.397. The van der Waals surface area contributed by atoms with E-state index in [1.165, 1.54) is 18.2 Å². The quantitative estimate of drug-likeness (QED) is 0.461. The zero-order chi connectivity index (χ0) is 14.0. The summed E-state index contributed by atoms with van der Waals surface area (Å²) >= 11 is 1.89. The molecule has 100 valence electrons. The van der Waals surface area contributed by atoms with Gasteiger partial charge in [-0.3, -0.25) is 19.3 Å². The summed E-state index contributed by atoms with van der Waals surface area (Å²) in [7, 11) is 0. The van der Waals surface area contributed by atoms with Gasteiger partial charge in [0.1, 0.15) is 5.82 Å². The van der Waals surface area contributed by atoms with Crippen LogP contribution >= 0.6 is 22.6 Å². The maximum Gasteiger partial charge on any atom is 0.229 e. The average Bonchev–Trinajstić information content (AvgIpc) is 2.66. The molecule has 1 aromatic rings. The van der Waals surface area contributed by atoms with Crippen molar-refractivity contribution in [2.45, 2.75) is 19.3 Å². The molecule has 0 spiro atoms. The molecule has 6 heteroatoms. The number of benzene rings is 1. The molecule has 0 bridgehead atoms. The highest BCUT2D eigenvalue weighted by atomic mass is 127. The predicted molar refractivity (Wildman–Crippen MR) is 74.0 cm³/mol. The van der Waals surface area contributed by atoms with Gasteiger partial charge in [0.15, 0.2) is 5.78 Å². The van der Waals surface area contributed by atoms with E-state index in [-0.39, 0.29) is 43.4 Å². The monoisotopic (exact) mass is 375 g/mol. The fourth-order valence-electron chi connectivity index (χ4n) is 1.94. The highest BCUT2D eigenvalue weighted by molar-refractivity contribution is 14.1. The van der Waals surface area contributed by atoms with Gasteiger partial charge < -0.3 is 0 Å². The van der Waals surface area contributed by atoms with E-state index in [9.17, 15) is 18.8 Å². The van der Waals surface area contributed by atoms with Crippen LogP contribution in [-0.4, -0.2) is 29.0 Å². The molecule has 19 heavy (non-hydrogen) atoms. The van der Waals surface area contributed by atoms with Crippen molar-refractivity contribution in [1.29, 1.82) is 0 Å². The number of hydrogen-bond acceptors (Lipinski definition) is 3.